The van der Waals surface area contributed by atoms with Crippen LogP contribution in [0, 0.1) is 11.3 Å². The molecule has 0 aromatic carbocycles. The first-order valence-electron chi connectivity index (χ1n) is 13.4. The summed E-state index contributed by atoms with van der Waals surface area (Å²) in [5, 5.41) is 21.6. The van der Waals surface area contributed by atoms with Gasteiger partial charge in [0.25, 0.3) is 0 Å². The van der Waals surface area contributed by atoms with Gasteiger partial charge < -0.3 is 14.6 Å². The molecular weight excluding hydrogens is 530 g/mol. The fourth-order valence-electron chi connectivity index (χ4n) is 6.93. The number of rotatable bonds is 4. The van der Waals surface area contributed by atoms with E-state index in [1.807, 2.05) is 4.90 Å². The van der Waals surface area contributed by atoms with E-state index >= 15 is 0 Å². The van der Waals surface area contributed by atoms with E-state index < -0.39 is 53.5 Å². The Morgan fingerprint density at radius 3 is 2.29 bits per heavy atom. The van der Waals surface area contributed by atoms with Crippen LogP contribution in [0.5, 0.6) is 0 Å². The first-order valence-corrected chi connectivity index (χ1v) is 13.4. The molecule has 2 aliphatic carbocycles. The Morgan fingerprint density at radius 2 is 1.68 bits per heavy atom. The lowest BCUT2D eigenvalue weighted by Crippen LogP contribution is -2.74. The number of ether oxygens (including phenoxy) is 2. The predicted octanol–water partition coefficient (Wildman–Crippen LogP) is 1.57. The second-order valence-corrected chi connectivity index (χ2v) is 11.0. The number of ketones is 4. The molecule has 0 saturated carbocycles. The number of esters is 1. The molecule has 2 bridgehead atoms. The van der Waals surface area contributed by atoms with E-state index in [0.29, 0.717) is 11.1 Å². The summed E-state index contributed by atoms with van der Waals surface area (Å²) >= 11 is 0. The molecule has 11 nitrogen and oxygen atoms in total. The molecule has 3 aliphatic heterocycles. The van der Waals surface area contributed by atoms with Gasteiger partial charge in [0.2, 0.25) is 17.3 Å². The minimum absolute atomic E-state index is 0.0129. The Morgan fingerprint density at radius 1 is 1.02 bits per heavy atom. The van der Waals surface area contributed by atoms with Crippen LogP contribution < -0.4 is 0 Å². The van der Waals surface area contributed by atoms with Crippen LogP contribution >= 0.6 is 0 Å². The average molecular weight is 562 g/mol. The van der Waals surface area contributed by atoms with Crippen LogP contribution in [0.3, 0.4) is 0 Å². The number of aliphatic hydroxyl groups excluding tert-OH is 1. The molecule has 1 saturated heterocycles. The second-order valence-electron chi connectivity index (χ2n) is 11.0. The highest BCUT2D eigenvalue weighted by Gasteiger charge is 2.59. The zero-order chi connectivity index (χ0) is 30.1. The summed E-state index contributed by atoms with van der Waals surface area (Å²) in [5.41, 5.74) is 1.21. The van der Waals surface area contributed by atoms with Crippen LogP contribution in [0.2, 0.25) is 0 Å². The van der Waals surface area contributed by atoms with Gasteiger partial charge in [0.15, 0.2) is 11.5 Å². The molecule has 5 aliphatic rings. The average Bonchev–Trinajstić information content (AvgIpc) is 2.96. The molecule has 1 N–H and O–H groups in total. The van der Waals surface area contributed by atoms with E-state index in [4.69, 9.17) is 9.47 Å². The van der Waals surface area contributed by atoms with E-state index in [1.165, 1.54) is 21.0 Å². The molecular formula is C30H31N3O8. The van der Waals surface area contributed by atoms with Gasteiger partial charge in [0.1, 0.15) is 18.4 Å². The van der Waals surface area contributed by atoms with E-state index in [-0.39, 0.29) is 64.6 Å². The number of Topliss-reactive ketones (excluding diaryl/α,β-unsaturated/α-hetero) is 4. The Kier molecular flexibility index (Phi) is 6.96. The third-order valence-corrected chi connectivity index (χ3v) is 9.16. The SMILES string of the molecule is C/C=C(/C)C(=O)OC[C@H]1C2=C(CC3[C@H]4C5=C(C[C@@H](C(C#N)N31)N4C)C(=O)C(C)=C(OC)C5=O)C(O)=C(C)C(=O)C2=O. The monoisotopic (exact) mass is 561 g/mol. The topological polar surface area (TPSA) is 154 Å². The number of fused-ring (bicyclic) bond motifs is 5. The molecule has 3 heterocycles. The number of carbonyl (C=O) groups is 5. The second kappa shape index (κ2) is 10.0. The van der Waals surface area contributed by atoms with Gasteiger partial charge in [-0.05, 0) is 47.6 Å². The molecule has 11 heteroatoms. The third kappa shape index (κ3) is 3.89. The van der Waals surface area contributed by atoms with E-state index in [9.17, 15) is 34.3 Å². The number of aliphatic hydroxyl groups is 1. The maximum Gasteiger partial charge on any atom is 0.333 e. The summed E-state index contributed by atoms with van der Waals surface area (Å²) in [6.45, 7) is 5.78. The quantitative estimate of drug-likeness (QED) is 0.175. The summed E-state index contributed by atoms with van der Waals surface area (Å²) in [6, 6.07) is -1.59. The number of hydrogen-bond acceptors (Lipinski definition) is 11. The van der Waals surface area contributed by atoms with Crippen molar-refractivity contribution in [2.24, 2.45) is 0 Å². The van der Waals surface area contributed by atoms with Crippen LogP contribution in [0.1, 0.15) is 40.5 Å². The highest BCUT2D eigenvalue weighted by molar-refractivity contribution is 6.50. The smallest absolute Gasteiger partial charge is 0.333 e. The molecule has 2 unspecified atom stereocenters. The van der Waals surface area contributed by atoms with Crippen LogP contribution in [-0.4, -0.2) is 95.0 Å². The summed E-state index contributed by atoms with van der Waals surface area (Å²) in [5.74, 6) is -3.46. The van der Waals surface area contributed by atoms with Crippen LogP contribution in [0.15, 0.2) is 56.6 Å². The Labute approximate surface area is 237 Å². The van der Waals surface area contributed by atoms with Crippen LogP contribution in [0.25, 0.3) is 0 Å². The number of piperazine rings is 1. The first kappa shape index (κ1) is 28.4. The molecule has 0 spiro atoms. The lowest BCUT2D eigenvalue weighted by atomic mass is 9.67. The number of allylic oxidation sites excluding steroid dienone is 5. The molecule has 41 heavy (non-hydrogen) atoms. The van der Waals surface area contributed by atoms with Crippen molar-refractivity contribution in [3.8, 4) is 6.07 Å². The maximum atomic E-state index is 13.8. The maximum absolute atomic E-state index is 13.8. The van der Waals surface area contributed by atoms with E-state index in [2.05, 4.69) is 6.07 Å². The summed E-state index contributed by atoms with van der Waals surface area (Å²) in [7, 11) is 3.11. The van der Waals surface area contributed by atoms with Gasteiger partial charge >= 0.3 is 5.97 Å². The fourth-order valence-corrected chi connectivity index (χ4v) is 6.93. The number of likely N-dealkylation sites (N-methyl/N-ethyl adjacent to an activating group) is 1. The molecule has 5 rings (SSSR count). The molecule has 0 aromatic rings. The van der Waals surface area contributed by atoms with Crippen molar-refractivity contribution in [2.45, 2.75) is 70.7 Å². The molecule has 214 valence electrons. The Bertz CT molecular complexity index is 1530. The van der Waals surface area contributed by atoms with Gasteiger partial charge in [-0.25, -0.2) is 4.79 Å². The Balaban J connectivity index is 1.71. The molecule has 5 atom stereocenters. The summed E-state index contributed by atoms with van der Waals surface area (Å²) in [4.78, 5) is 69.8. The lowest BCUT2D eigenvalue weighted by molar-refractivity contribution is -0.144. The zero-order valence-electron chi connectivity index (χ0n) is 23.7. The summed E-state index contributed by atoms with van der Waals surface area (Å²) < 4.78 is 10.9. The van der Waals surface area contributed by atoms with Gasteiger partial charge in [0.05, 0.1) is 25.3 Å². The Hall–Kier alpha value is -4.14. The molecule has 0 aromatic heterocycles. The minimum atomic E-state index is -1.05. The molecule has 0 amide bonds. The number of nitriles is 1. The zero-order valence-corrected chi connectivity index (χ0v) is 23.7. The van der Waals surface area contributed by atoms with Gasteiger partial charge in [-0.15, -0.1) is 0 Å². The third-order valence-electron chi connectivity index (χ3n) is 9.16. The van der Waals surface area contributed by atoms with Gasteiger partial charge in [-0.1, -0.05) is 6.08 Å². The van der Waals surface area contributed by atoms with Crippen LogP contribution in [-0.2, 0) is 33.4 Å². The highest BCUT2D eigenvalue weighted by Crippen LogP contribution is 2.49. The fraction of sp³-hybridized carbons (Fsp3) is 0.467. The van der Waals surface area contributed by atoms with Crippen molar-refractivity contribution in [1.29, 1.82) is 5.26 Å². The number of nitrogens with zero attached hydrogens (tertiary/aromatic N) is 3. The molecule has 1 fully saturated rings. The van der Waals surface area contributed by atoms with Gasteiger partial charge in [-0.2, -0.15) is 5.26 Å². The minimum Gasteiger partial charge on any atom is -0.507 e. The first-order chi connectivity index (χ1) is 19.4. The van der Waals surface area contributed by atoms with Gasteiger partial charge in [-0.3, -0.25) is 29.0 Å². The number of carbonyl (C=O) groups excluding carboxylic acids is 5. The number of methoxy groups -OCH3 is 1. The van der Waals surface area contributed by atoms with Crippen molar-refractivity contribution in [2.75, 3.05) is 20.8 Å². The highest BCUT2D eigenvalue weighted by atomic mass is 16.5. The van der Waals surface area contributed by atoms with Crippen molar-refractivity contribution >= 4 is 29.1 Å². The molecule has 0 radical (unpaired) electrons. The van der Waals surface area contributed by atoms with Crippen molar-refractivity contribution in [3.05, 3.63) is 56.6 Å². The van der Waals surface area contributed by atoms with E-state index in [0.717, 1.165) is 0 Å². The van der Waals surface area contributed by atoms with E-state index in [1.54, 1.807) is 31.9 Å². The van der Waals surface area contributed by atoms with Crippen molar-refractivity contribution in [1.82, 2.24) is 9.80 Å². The standard InChI is InChI=1S/C30H31N3O8/c1-7-12(2)30(39)41-11-20-21-15(24(34)13(3)26(36)27(21)37)9-18-23-22-16(25(35)14(4)29(40-6)28(22)38)8-17(32(23)5)19(10-31)33(18)20/h7,17-20,23,34H,8-9,11H2,1-6H3/b12-7-/t17-,18?,19?,20-,23-/m0/s1. The van der Waals surface area contributed by atoms with Crippen molar-refractivity contribution < 1.29 is 38.6 Å². The van der Waals surface area contributed by atoms with Gasteiger partial charge in [0, 0.05) is 51.1 Å². The van der Waals surface area contributed by atoms with Crippen LogP contribution in [0.4, 0.5) is 0 Å². The normalized spacial score (nSPS) is 30.8. The predicted molar refractivity (Wildman–Crippen MR) is 143 cm³/mol. The lowest BCUT2D eigenvalue weighted by Gasteiger charge is -2.60. The largest absolute Gasteiger partial charge is 0.507 e. The summed E-state index contributed by atoms with van der Waals surface area (Å²) in [6.07, 6.45) is 1.69. The van der Waals surface area contributed by atoms with Crippen molar-refractivity contribution in [3.63, 3.8) is 0 Å². The number of hydrogen-bond donors (Lipinski definition) is 1.